The Hall–Kier alpha value is -1.05. The molecule has 0 aromatic carbocycles. The van der Waals surface area contributed by atoms with Crippen LogP contribution in [0.3, 0.4) is 0 Å². The maximum atomic E-state index is 12.8. The molecule has 1 aliphatic heterocycles. The summed E-state index contributed by atoms with van der Waals surface area (Å²) in [5.41, 5.74) is 1.14. The van der Waals surface area contributed by atoms with E-state index in [0.717, 1.165) is 41.8 Å². The first-order valence-corrected chi connectivity index (χ1v) is 11.1. The van der Waals surface area contributed by atoms with Crippen molar-refractivity contribution in [3.05, 3.63) is 20.8 Å². The normalized spacial score (nSPS) is 21.6. The Kier molecular flexibility index (Phi) is 5.06. The zero-order chi connectivity index (χ0) is 17.4. The van der Waals surface area contributed by atoms with E-state index in [-0.39, 0.29) is 5.56 Å². The summed E-state index contributed by atoms with van der Waals surface area (Å²) in [6.45, 7) is 5.71. The average Bonchev–Trinajstić information content (AvgIpc) is 2.97. The molecule has 2 aliphatic rings. The van der Waals surface area contributed by atoms with Crippen LogP contribution in [-0.2, 0) is 12.8 Å². The van der Waals surface area contributed by atoms with Crippen LogP contribution >= 0.6 is 23.1 Å². The van der Waals surface area contributed by atoms with Crippen molar-refractivity contribution in [2.75, 3.05) is 31.2 Å². The molecule has 1 atom stereocenters. The molecule has 5 nitrogen and oxygen atoms in total. The van der Waals surface area contributed by atoms with Gasteiger partial charge in [0.15, 0.2) is 5.16 Å². The Labute approximate surface area is 156 Å². The Bertz CT molecular complexity index is 823. The Morgan fingerprint density at radius 2 is 2.12 bits per heavy atom. The molecule has 1 aliphatic carbocycles. The zero-order valence-corrected chi connectivity index (χ0v) is 16.4. The van der Waals surface area contributed by atoms with Crippen LogP contribution in [0.4, 0.5) is 0 Å². The molecule has 25 heavy (non-hydrogen) atoms. The summed E-state index contributed by atoms with van der Waals surface area (Å²) in [4.78, 5) is 22.3. The van der Waals surface area contributed by atoms with E-state index in [2.05, 4.69) is 11.8 Å². The molecule has 1 fully saturated rings. The van der Waals surface area contributed by atoms with Gasteiger partial charge in [0.1, 0.15) is 4.83 Å². The molecule has 0 bridgehead atoms. The third-order valence-corrected chi connectivity index (χ3v) is 7.50. The van der Waals surface area contributed by atoms with Crippen molar-refractivity contribution in [2.24, 2.45) is 5.92 Å². The maximum Gasteiger partial charge on any atom is 0.281 e. The summed E-state index contributed by atoms with van der Waals surface area (Å²) in [5.74, 6) is 7.72. The van der Waals surface area contributed by atoms with Gasteiger partial charge in [0.05, 0.1) is 5.39 Å². The lowest BCUT2D eigenvalue weighted by Crippen LogP contribution is -2.32. The minimum atomic E-state index is -0.0717. The molecule has 1 saturated heterocycles. The minimum Gasteiger partial charge on any atom is -0.334 e. The number of hydrogen-bond donors (Lipinski definition) is 1. The van der Waals surface area contributed by atoms with Gasteiger partial charge in [-0.25, -0.2) is 9.66 Å². The molecule has 7 heteroatoms. The summed E-state index contributed by atoms with van der Waals surface area (Å²) in [7, 11) is 0. The fourth-order valence-electron chi connectivity index (χ4n) is 3.93. The fraction of sp³-hybridized carbons (Fsp3) is 0.667. The molecule has 0 radical (unpaired) electrons. The van der Waals surface area contributed by atoms with Crippen LogP contribution in [0.2, 0.25) is 0 Å². The van der Waals surface area contributed by atoms with E-state index in [0.29, 0.717) is 11.1 Å². The summed E-state index contributed by atoms with van der Waals surface area (Å²) in [6.07, 6.45) is 7.15. The van der Waals surface area contributed by atoms with Crippen LogP contribution in [-0.4, -0.2) is 39.9 Å². The van der Waals surface area contributed by atoms with E-state index >= 15 is 0 Å². The van der Waals surface area contributed by atoms with Crippen molar-refractivity contribution in [3.8, 4) is 0 Å². The van der Waals surface area contributed by atoms with Crippen LogP contribution in [0.25, 0.3) is 10.2 Å². The molecular formula is C18H26N4OS2. The predicted molar refractivity (Wildman–Crippen MR) is 106 cm³/mol. The maximum absolute atomic E-state index is 12.8. The van der Waals surface area contributed by atoms with Gasteiger partial charge < -0.3 is 10.7 Å². The highest BCUT2D eigenvalue weighted by molar-refractivity contribution is 7.99. The molecule has 0 amide bonds. The molecular weight excluding hydrogens is 352 g/mol. The van der Waals surface area contributed by atoms with Gasteiger partial charge in [-0.3, -0.25) is 4.79 Å². The van der Waals surface area contributed by atoms with Gasteiger partial charge in [-0.1, -0.05) is 25.1 Å². The summed E-state index contributed by atoms with van der Waals surface area (Å²) >= 11 is 3.31. The number of nitrogens with two attached hydrogens (primary N) is 1. The Morgan fingerprint density at radius 3 is 2.92 bits per heavy atom. The third kappa shape index (κ3) is 3.46. The number of thiophene rings is 1. The Balaban J connectivity index is 1.55. The van der Waals surface area contributed by atoms with Crippen molar-refractivity contribution in [3.63, 3.8) is 0 Å². The second-order valence-electron chi connectivity index (χ2n) is 7.35. The van der Waals surface area contributed by atoms with Gasteiger partial charge in [0.2, 0.25) is 0 Å². The Morgan fingerprint density at radius 1 is 1.32 bits per heavy atom. The van der Waals surface area contributed by atoms with Crippen LogP contribution in [0.5, 0.6) is 0 Å². The van der Waals surface area contributed by atoms with E-state index in [1.807, 2.05) is 0 Å². The van der Waals surface area contributed by atoms with Crippen LogP contribution in [0, 0.1) is 5.92 Å². The highest BCUT2D eigenvalue weighted by atomic mass is 32.2. The largest absolute Gasteiger partial charge is 0.334 e. The van der Waals surface area contributed by atoms with Gasteiger partial charge in [0.25, 0.3) is 5.56 Å². The van der Waals surface area contributed by atoms with Crippen LogP contribution < -0.4 is 11.4 Å². The number of nitrogen functional groups attached to an aromatic ring is 1. The molecule has 2 N–H and O–H groups in total. The number of likely N-dealkylation sites (tertiary alicyclic amines) is 1. The lowest BCUT2D eigenvalue weighted by Gasteiger charge is -2.26. The van der Waals surface area contributed by atoms with Gasteiger partial charge in [-0.2, -0.15) is 0 Å². The molecule has 0 saturated carbocycles. The number of thioether (sulfide) groups is 1. The van der Waals surface area contributed by atoms with E-state index in [4.69, 9.17) is 10.8 Å². The summed E-state index contributed by atoms with van der Waals surface area (Å²) in [5, 5.41) is 1.43. The zero-order valence-electron chi connectivity index (χ0n) is 14.8. The minimum absolute atomic E-state index is 0.0717. The molecule has 2 aromatic heterocycles. The predicted octanol–water partition coefficient (Wildman–Crippen LogP) is 2.87. The third-order valence-electron chi connectivity index (χ3n) is 5.42. The van der Waals surface area contributed by atoms with Crippen molar-refractivity contribution in [1.82, 2.24) is 14.6 Å². The van der Waals surface area contributed by atoms with Gasteiger partial charge >= 0.3 is 0 Å². The molecule has 0 unspecified atom stereocenters. The number of rotatable bonds is 4. The van der Waals surface area contributed by atoms with Crippen LogP contribution in [0.1, 0.15) is 43.0 Å². The number of hydrogen-bond acceptors (Lipinski definition) is 6. The first-order valence-electron chi connectivity index (χ1n) is 9.31. The quantitative estimate of drug-likeness (QED) is 0.503. The molecule has 3 heterocycles. The number of nitrogens with zero attached hydrogens (tertiary/aromatic N) is 3. The first-order chi connectivity index (χ1) is 12.1. The highest BCUT2D eigenvalue weighted by Gasteiger charge is 2.24. The van der Waals surface area contributed by atoms with E-state index in [9.17, 15) is 4.79 Å². The first kappa shape index (κ1) is 17.4. The van der Waals surface area contributed by atoms with Gasteiger partial charge in [-0.05, 0) is 56.7 Å². The summed E-state index contributed by atoms with van der Waals surface area (Å²) in [6, 6.07) is 0. The van der Waals surface area contributed by atoms with E-state index in [1.54, 1.807) is 23.1 Å². The van der Waals surface area contributed by atoms with Crippen molar-refractivity contribution >= 4 is 33.3 Å². The monoisotopic (exact) mass is 378 g/mol. The van der Waals surface area contributed by atoms with Crippen LogP contribution in [0.15, 0.2) is 9.95 Å². The molecule has 2 aromatic rings. The number of aromatic nitrogens is 2. The second kappa shape index (κ2) is 7.29. The lowest BCUT2D eigenvalue weighted by atomic mass is 9.89. The van der Waals surface area contributed by atoms with E-state index in [1.165, 1.54) is 47.5 Å². The van der Waals surface area contributed by atoms with Crippen molar-refractivity contribution < 1.29 is 0 Å². The summed E-state index contributed by atoms with van der Waals surface area (Å²) < 4.78 is 1.27. The van der Waals surface area contributed by atoms with Crippen molar-refractivity contribution in [2.45, 2.75) is 50.6 Å². The van der Waals surface area contributed by atoms with E-state index < -0.39 is 0 Å². The average molecular weight is 379 g/mol. The molecule has 4 rings (SSSR count). The lowest BCUT2D eigenvalue weighted by molar-refractivity contribution is 0.242. The standard InChI is InChI=1S/C18H26N4OS2/c1-12-5-6-13-14(11-12)25-16-15(13)17(23)22(19)18(20-16)24-10-9-21-7-3-2-4-8-21/h12H,2-11,19H2,1H3/t12-/m1/s1. The fourth-order valence-corrected chi connectivity index (χ4v) is 6.28. The van der Waals surface area contributed by atoms with Gasteiger partial charge in [-0.15, -0.1) is 11.3 Å². The van der Waals surface area contributed by atoms with Gasteiger partial charge in [0, 0.05) is 17.2 Å². The molecule has 136 valence electrons. The number of fused-ring (bicyclic) bond motifs is 3. The molecule has 0 spiro atoms. The highest BCUT2D eigenvalue weighted by Crippen LogP contribution is 2.36. The number of piperidine rings is 1. The topological polar surface area (TPSA) is 64.2 Å². The van der Waals surface area contributed by atoms with Crippen molar-refractivity contribution in [1.29, 1.82) is 0 Å². The number of aryl methyl sites for hydroxylation is 1. The smallest absolute Gasteiger partial charge is 0.281 e. The SMILES string of the molecule is C[C@@H]1CCc2c(sc3nc(SCCN4CCCCC4)n(N)c(=O)c23)C1. The second-order valence-corrected chi connectivity index (χ2v) is 9.50.